The van der Waals surface area contributed by atoms with Crippen LogP contribution >= 0.6 is 0 Å². The Morgan fingerprint density at radius 1 is 1.21 bits per heavy atom. The lowest BCUT2D eigenvalue weighted by Crippen LogP contribution is -2.37. The monoisotopic (exact) mass is 381 g/mol. The van der Waals surface area contributed by atoms with E-state index in [0.717, 1.165) is 37.1 Å². The van der Waals surface area contributed by atoms with Crippen LogP contribution in [-0.2, 0) is 9.59 Å². The van der Waals surface area contributed by atoms with Gasteiger partial charge in [0.1, 0.15) is 5.82 Å². The maximum Gasteiger partial charge on any atom is 0.258 e. The number of hydrogen-bond donors (Lipinski definition) is 3. The van der Waals surface area contributed by atoms with E-state index >= 15 is 0 Å². The zero-order valence-electron chi connectivity index (χ0n) is 16.0. The minimum Gasteiger partial charge on any atom is -0.342 e. The molecule has 1 atom stereocenters. The van der Waals surface area contributed by atoms with Gasteiger partial charge in [-0.1, -0.05) is 12.1 Å². The molecule has 0 saturated carbocycles. The lowest BCUT2D eigenvalue weighted by Gasteiger charge is -2.25. The predicted molar refractivity (Wildman–Crippen MR) is 107 cm³/mol. The summed E-state index contributed by atoms with van der Waals surface area (Å²) in [6, 6.07) is 5.75. The SMILES string of the molecule is Cc1ccc(C)c(NC(=O)[C@@H]2CC(=O)Nc3nc(N4CCCC4)[nH]c(=O)c32)c1. The molecule has 1 fully saturated rings. The molecular weight excluding hydrogens is 358 g/mol. The van der Waals surface area contributed by atoms with Gasteiger partial charge in [-0.3, -0.25) is 19.4 Å². The first kappa shape index (κ1) is 18.2. The summed E-state index contributed by atoms with van der Waals surface area (Å²) in [7, 11) is 0. The molecule has 8 nitrogen and oxygen atoms in total. The number of aromatic amines is 1. The van der Waals surface area contributed by atoms with Crippen LogP contribution in [-0.4, -0.2) is 34.9 Å². The first-order valence-electron chi connectivity index (χ1n) is 9.49. The standard InChI is InChI=1S/C20H23N5O3/c1-11-5-6-12(2)14(9-11)21-18(27)13-10-15(26)22-17-16(13)19(28)24-20(23-17)25-7-3-4-8-25/h5-6,9,13H,3-4,7-8,10H2,1-2H3,(H,21,27)(H2,22,23,24,26,28)/t13-/m1/s1. The van der Waals surface area contributed by atoms with Crippen molar-refractivity contribution in [1.29, 1.82) is 0 Å². The van der Waals surface area contributed by atoms with Crippen LogP contribution in [0.5, 0.6) is 0 Å². The number of benzene rings is 1. The molecule has 8 heteroatoms. The van der Waals surface area contributed by atoms with Crippen molar-refractivity contribution >= 4 is 29.3 Å². The molecule has 1 saturated heterocycles. The number of anilines is 3. The second-order valence-electron chi connectivity index (χ2n) is 7.46. The Labute approximate surface area is 162 Å². The molecule has 0 spiro atoms. The Hall–Kier alpha value is -3.16. The van der Waals surface area contributed by atoms with E-state index in [1.165, 1.54) is 0 Å². The van der Waals surface area contributed by atoms with Gasteiger partial charge in [0.25, 0.3) is 5.56 Å². The van der Waals surface area contributed by atoms with Crippen LogP contribution in [0.3, 0.4) is 0 Å². The number of hydrogen-bond acceptors (Lipinski definition) is 5. The van der Waals surface area contributed by atoms with Crippen molar-refractivity contribution in [3.63, 3.8) is 0 Å². The topological polar surface area (TPSA) is 107 Å². The molecule has 1 aromatic heterocycles. The van der Waals surface area contributed by atoms with Crippen molar-refractivity contribution in [2.75, 3.05) is 28.6 Å². The van der Waals surface area contributed by atoms with Gasteiger partial charge >= 0.3 is 0 Å². The van der Waals surface area contributed by atoms with Crippen molar-refractivity contribution < 1.29 is 9.59 Å². The van der Waals surface area contributed by atoms with Gasteiger partial charge in [0.05, 0.1) is 11.5 Å². The Morgan fingerprint density at radius 3 is 2.71 bits per heavy atom. The summed E-state index contributed by atoms with van der Waals surface area (Å²) >= 11 is 0. The van der Waals surface area contributed by atoms with Gasteiger partial charge in [0, 0.05) is 25.2 Å². The molecule has 3 heterocycles. The number of nitrogens with one attached hydrogen (secondary N) is 3. The molecule has 3 N–H and O–H groups in total. The third-order valence-corrected chi connectivity index (χ3v) is 5.31. The highest BCUT2D eigenvalue weighted by Crippen LogP contribution is 2.31. The lowest BCUT2D eigenvalue weighted by molar-refractivity contribution is -0.123. The van der Waals surface area contributed by atoms with E-state index in [-0.39, 0.29) is 35.2 Å². The smallest absolute Gasteiger partial charge is 0.258 e. The Balaban J connectivity index is 1.68. The number of nitrogens with zero attached hydrogens (tertiary/aromatic N) is 2. The number of aryl methyl sites for hydroxylation is 2. The maximum absolute atomic E-state index is 13.0. The van der Waals surface area contributed by atoms with Crippen molar-refractivity contribution in [3.8, 4) is 0 Å². The fourth-order valence-corrected chi connectivity index (χ4v) is 3.75. The molecule has 1 aromatic carbocycles. The number of carbonyl (C=O) groups is 2. The van der Waals surface area contributed by atoms with Gasteiger partial charge in [-0.05, 0) is 43.9 Å². The highest BCUT2D eigenvalue weighted by molar-refractivity contribution is 6.04. The van der Waals surface area contributed by atoms with Crippen LogP contribution in [0, 0.1) is 13.8 Å². The van der Waals surface area contributed by atoms with Gasteiger partial charge in [0.2, 0.25) is 17.8 Å². The second-order valence-corrected chi connectivity index (χ2v) is 7.46. The number of fused-ring (bicyclic) bond motifs is 1. The Bertz CT molecular complexity index is 1010. The number of aromatic nitrogens is 2. The third-order valence-electron chi connectivity index (χ3n) is 5.31. The normalized spacial score (nSPS) is 18.6. The molecule has 146 valence electrons. The van der Waals surface area contributed by atoms with E-state index in [1.807, 2.05) is 36.9 Å². The largest absolute Gasteiger partial charge is 0.342 e. The lowest BCUT2D eigenvalue weighted by atomic mass is 9.92. The molecule has 0 bridgehead atoms. The summed E-state index contributed by atoms with van der Waals surface area (Å²) in [6.07, 6.45) is 1.99. The number of amides is 2. The van der Waals surface area contributed by atoms with Crippen molar-refractivity contribution in [1.82, 2.24) is 9.97 Å². The number of H-pyrrole nitrogens is 1. The molecule has 2 amide bonds. The molecule has 2 aromatic rings. The fraction of sp³-hybridized carbons (Fsp3) is 0.400. The number of carbonyl (C=O) groups excluding carboxylic acids is 2. The molecule has 4 rings (SSSR count). The Morgan fingerprint density at radius 2 is 1.96 bits per heavy atom. The van der Waals surface area contributed by atoms with E-state index in [1.54, 1.807) is 0 Å². The molecular formula is C20H23N5O3. The molecule has 28 heavy (non-hydrogen) atoms. The molecule has 2 aliphatic rings. The highest BCUT2D eigenvalue weighted by Gasteiger charge is 2.35. The van der Waals surface area contributed by atoms with Crippen molar-refractivity contribution in [3.05, 3.63) is 45.2 Å². The van der Waals surface area contributed by atoms with E-state index in [2.05, 4.69) is 20.6 Å². The van der Waals surface area contributed by atoms with Crippen LogP contribution in [0.1, 0.15) is 41.9 Å². The summed E-state index contributed by atoms with van der Waals surface area (Å²) in [5.41, 5.74) is 2.43. The van der Waals surface area contributed by atoms with Crippen molar-refractivity contribution in [2.45, 2.75) is 39.0 Å². The second kappa shape index (κ2) is 7.10. The average Bonchev–Trinajstić information content (AvgIpc) is 3.18. The average molecular weight is 381 g/mol. The molecule has 0 unspecified atom stereocenters. The van der Waals surface area contributed by atoms with Gasteiger partial charge in [0.15, 0.2) is 0 Å². The zero-order chi connectivity index (χ0) is 19.8. The van der Waals surface area contributed by atoms with E-state index in [0.29, 0.717) is 11.6 Å². The van der Waals surface area contributed by atoms with Gasteiger partial charge in [-0.25, -0.2) is 0 Å². The molecule has 0 aliphatic carbocycles. The minimum absolute atomic E-state index is 0.0858. The fourth-order valence-electron chi connectivity index (χ4n) is 3.75. The van der Waals surface area contributed by atoms with Crippen LogP contribution < -0.4 is 21.1 Å². The zero-order valence-corrected chi connectivity index (χ0v) is 16.0. The van der Waals surface area contributed by atoms with Crippen LogP contribution in [0.2, 0.25) is 0 Å². The van der Waals surface area contributed by atoms with Crippen LogP contribution in [0.4, 0.5) is 17.5 Å². The van der Waals surface area contributed by atoms with E-state index < -0.39 is 5.92 Å². The van der Waals surface area contributed by atoms with Crippen LogP contribution in [0.15, 0.2) is 23.0 Å². The van der Waals surface area contributed by atoms with Gasteiger partial charge < -0.3 is 15.5 Å². The first-order chi connectivity index (χ1) is 13.4. The van der Waals surface area contributed by atoms with E-state index in [9.17, 15) is 14.4 Å². The predicted octanol–water partition coefficient (Wildman–Crippen LogP) is 2.05. The molecule has 2 aliphatic heterocycles. The Kier molecular flexibility index (Phi) is 4.62. The quantitative estimate of drug-likeness (QED) is 0.754. The summed E-state index contributed by atoms with van der Waals surface area (Å²) in [5, 5.41) is 5.53. The van der Waals surface area contributed by atoms with Gasteiger partial charge in [-0.15, -0.1) is 0 Å². The summed E-state index contributed by atoms with van der Waals surface area (Å²) < 4.78 is 0. The van der Waals surface area contributed by atoms with E-state index in [4.69, 9.17) is 0 Å². The van der Waals surface area contributed by atoms with Crippen LogP contribution in [0.25, 0.3) is 0 Å². The molecule has 0 radical (unpaired) electrons. The minimum atomic E-state index is -0.882. The van der Waals surface area contributed by atoms with Crippen molar-refractivity contribution in [2.24, 2.45) is 0 Å². The number of rotatable bonds is 3. The summed E-state index contributed by atoms with van der Waals surface area (Å²) in [6.45, 7) is 5.46. The van der Waals surface area contributed by atoms with Gasteiger partial charge in [-0.2, -0.15) is 4.98 Å². The summed E-state index contributed by atoms with van der Waals surface area (Å²) in [5.74, 6) is -0.960. The maximum atomic E-state index is 13.0. The third kappa shape index (κ3) is 3.37. The first-order valence-corrected chi connectivity index (χ1v) is 9.49. The highest BCUT2D eigenvalue weighted by atomic mass is 16.2. The summed E-state index contributed by atoms with van der Waals surface area (Å²) in [4.78, 5) is 47.1.